The number of sulfonamides is 1. The molecule has 2 amide bonds. The highest BCUT2D eigenvalue weighted by atomic mass is 35.5. The largest absolute Gasteiger partial charge is 0.492 e. The average Bonchev–Trinajstić information content (AvgIpc) is 2.90. The number of nitrogens with zero attached hydrogens (tertiary/aromatic N) is 2. The maximum absolute atomic E-state index is 14.1. The lowest BCUT2D eigenvalue weighted by Crippen LogP contribution is -2.54. The maximum Gasteiger partial charge on any atom is 0.264 e. The van der Waals surface area contributed by atoms with Gasteiger partial charge in [0.1, 0.15) is 18.3 Å². The predicted molar refractivity (Wildman–Crippen MR) is 163 cm³/mol. The average molecular weight is 600 g/mol. The van der Waals surface area contributed by atoms with Crippen molar-refractivity contribution >= 4 is 39.1 Å². The number of amides is 2. The van der Waals surface area contributed by atoms with Crippen molar-refractivity contribution in [3.8, 4) is 5.75 Å². The molecule has 0 fully saturated rings. The van der Waals surface area contributed by atoms with E-state index in [0.717, 1.165) is 9.87 Å². The molecule has 0 saturated carbocycles. The summed E-state index contributed by atoms with van der Waals surface area (Å²) < 4.78 is 34.9. The second kappa shape index (κ2) is 13.4. The number of halogens is 1. The number of anilines is 1. The van der Waals surface area contributed by atoms with Crippen LogP contribution in [0.4, 0.5) is 5.69 Å². The van der Waals surface area contributed by atoms with Gasteiger partial charge in [-0.1, -0.05) is 53.6 Å². The van der Waals surface area contributed by atoms with E-state index in [-0.39, 0.29) is 23.0 Å². The summed E-state index contributed by atoms with van der Waals surface area (Å²) in [5, 5.41) is 3.40. The summed E-state index contributed by atoms with van der Waals surface area (Å²) in [5.41, 5.74) is 1.28. The van der Waals surface area contributed by atoms with E-state index < -0.39 is 34.1 Å². The molecule has 0 aliphatic rings. The Kier molecular flexibility index (Phi) is 10.4. The number of aryl methyl sites for hydroxylation is 1. The topological polar surface area (TPSA) is 96.0 Å². The fourth-order valence-corrected chi connectivity index (χ4v) is 5.82. The van der Waals surface area contributed by atoms with Crippen molar-refractivity contribution in [3.63, 3.8) is 0 Å². The number of hydrogen-bond donors (Lipinski definition) is 1. The van der Waals surface area contributed by atoms with Gasteiger partial charge >= 0.3 is 0 Å². The van der Waals surface area contributed by atoms with Crippen LogP contribution in [0.3, 0.4) is 0 Å². The highest BCUT2D eigenvalue weighted by Gasteiger charge is 2.34. The Morgan fingerprint density at radius 3 is 2.27 bits per heavy atom. The minimum absolute atomic E-state index is 0.0297. The van der Waals surface area contributed by atoms with Gasteiger partial charge in [0.05, 0.1) is 17.2 Å². The van der Waals surface area contributed by atoms with Crippen LogP contribution in [0.25, 0.3) is 0 Å². The molecule has 0 heterocycles. The molecule has 1 atom stereocenters. The molecule has 1 N–H and O–H groups in total. The summed E-state index contributed by atoms with van der Waals surface area (Å²) in [7, 11) is -4.21. The van der Waals surface area contributed by atoms with Gasteiger partial charge in [-0.25, -0.2) is 8.42 Å². The standard InChI is InChI=1S/C31H38ClN3O5S/c1-7-40-28-14-9-8-13-27(28)35(41(38,39)26-17-15-22(2)16-18-26)21-29(36)34(20-24-11-10-12-25(32)19-24)23(3)30(37)33-31(4,5)6/h8-19,23H,7,20-21H2,1-6H3,(H,33,37)/t23-/m1/s1. The lowest BCUT2D eigenvalue weighted by Gasteiger charge is -2.33. The highest BCUT2D eigenvalue weighted by molar-refractivity contribution is 7.92. The molecule has 8 nitrogen and oxygen atoms in total. The van der Waals surface area contributed by atoms with Crippen LogP contribution >= 0.6 is 11.6 Å². The van der Waals surface area contributed by atoms with Crippen LogP contribution < -0.4 is 14.4 Å². The number of rotatable bonds is 11. The molecule has 3 aromatic carbocycles. The second-order valence-corrected chi connectivity index (χ2v) is 13.1. The third-order valence-electron chi connectivity index (χ3n) is 6.23. The Morgan fingerprint density at radius 2 is 1.66 bits per heavy atom. The van der Waals surface area contributed by atoms with Gasteiger partial charge in [-0.3, -0.25) is 13.9 Å². The van der Waals surface area contributed by atoms with Gasteiger partial charge in [-0.05, 0) is 83.5 Å². The van der Waals surface area contributed by atoms with Crippen LogP contribution in [0.2, 0.25) is 5.02 Å². The Balaban J connectivity index is 2.09. The summed E-state index contributed by atoms with van der Waals surface area (Å²) in [6.45, 7) is 10.6. The highest BCUT2D eigenvalue weighted by Crippen LogP contribution is 2.33. The van der Waals surface area contributed by atoms with Crippen molar-refractivity contribution in [2.45, 2.75) is 64.6 Å². The van der Waals surface area contributed by atoms with Gasteiger partial charge in [0, 0.05) is 17.1 Å². The zero-order valence-corrected chi connectivity index (χ0v) is 25.9. The van der Waals surface area contributed by atoms with Crippen LogP contribution in [0, 0.1) is 6.92 Å². The summed E-state index contributed by atoms with van der Waals surface area (Å²) in [5.74, 6) is -0.613. The molecule has 220 valence electrons. The molecule has 0 spiro atoms. The molecular formula is C31H38ClN3O5S. The Morgan fingerprint density at radius 1 is 1.00 bits per heavy atom. The van der Waals surface area contributed by atoms with E-state index in [9.17, 15) is 18.0 Å². The Bertz CT molecular complexity index is 1470. The predicted octanol–water partition coefficient (Wildman–Crippen LogP) is 5.57. The third kappa shape index (κ3) is 8.47. The zero-order chi connectivity index (χ0) is 30.4. The van der Waals surface area contributed by atoms with E-state index in [4.69, 9.17) is 16.3 Å². The fourth-order valence-electron chi connectivity index (χ4n) is 4.18. The van der Waals surface area contributed by atoms with Crippen LogP contribution in [0.15, 0.2) is 77.7 Å². The first-order chi connectivity index (χ1) is 19.2. The van der Waals surface area contributed by atoms with E-state index in [1.54, 1.807) is 74.5 Å². The van der Waals surface area contributed by atoms with Crippen molar-refractivity contribution in [1.29, 1.82) is 0 Å². The minimum atomic E-state index is -4.21. The van der Waals surface area contributed by atoms with Crippen LogP contribution in [0.1, 0.15) is 45.7 Å². The zero-order valence-electron chi connectivity index (χ0n) is 24.3. The molecule has 3 rings (SSSR count). The fraction of sp³-hybridized carbons (Fsp3) is 0.355. The lowest BCUT2D eigenvalue weighted by atomic mass is 10.1. The van der Waals surface area contributed by atoms with Crippen molar-refractivity contribution in [3.05, 3.63) is 88.9 Å². The molecule has 0 bridgehead atoms. The number of nitrogens with one attached hydrogen (secondary N) is 1. The third-order valence-corrected chi connectivity index (χ3v) is 8.24. The van der Waals surface area contributed by atoms with Gasteiger partial charge in [0.25, 0.3) is 10.0 Å². The van der Waals surface area contributed by atoms with Crippen molar-refractivity contribution < 1.29 is 22.7 Å². The smallest absolute Gasteiger partial charge is 0.264 e. The second-order valence-electron chi connectivity index (χ2n) is 10.8. The number of hydrogen-bond acceptors (Lipinski definition) is 5. The van der Waals surface area contributed by atoms with Gasteiger partial charge in [-0.15, -0.1) is 0 Å². The first-order valence-electron chi connectivity index (χ1n) is 13.4. The quantitative estimate of drug-likeness (QED) is 0.311. The molecule has 3 aromatic rings. The summed E-state index contributed by atoms with van der Waals surface area (Å²) in [4.78, 5) is 28.7. The number of benzene rings is 3. The van der Waals surface area contributed by atoms with E-state index in [1.165, 1.54) is 17.0 Å². The molecule has 0 aliphatic heterocycles. The summed E-state index contributed by atoms with van der Waals surface area (Å²) >= 11 is 6.20. The van der Waals surface area contributed by atoms with Gasteiger partial charge in [0.2, 0.25) is 11.8 Å². The summed E-state index contributed by atoms with van der Waals surface area (Å²) in [6.07, 6.45) is 0. The SMILES string of the molecule is CCOc1ccccc1N(CC(=O)N(Cc1cccc(Cl)c1)[C@H](C)C(=O)NC(C)(C)C)S(=O)(=O)c1ccc(C)cc1. The first-order valence-corrected chi connectivity index (χ1v) is 15.2. The van der Waals surface area contributed by atoms with E-state index in [1.807, 2.05) is 27.7 Å². The first kappa shape index (κ1) is 32.0. The normalized spacial score (nSPS) is 12.4. The molecule has 10 heteroatoms. The van der Waals surface area contributed by atoms with Crippen molar-refractivity contribution in [1.82, 2.24) is 10.2 Å². The molecule has 0 aliphatic carbocycles. The van der Waals surface area contributed by atoms with Crippen molar-refractivity contribution in [2.75, 3.05) is 17.5 Å². The van der Waals surface area contributed by atoms with Crippen LogP contribution in [0.5, 0.6) is 5.75 Å². The maximum atomic E-state index is 14.1. The number of para-hydroxylation sites is 2. The van der Waals surface area contributed by atoms with Crippen molar-refractivity contribution in [2.24, 2.45) is 0 Å². The van der Waals surface area contributed by atoms with Gasteiger partial charge in [0.15, 0.2) is 0 Å². The van der Waals surface area contributed by atoms with Gasteiger partial charge < -0.3 is 15.0 Å². The number of carbonyl (C=O) groups is 2. The summed E-state index contributed by atoms with van der Waals surface area (Å²) in [6, 6.07) is 19.2. The monoisotopic (exact) mass is 599 g/mol. The lowest BCUT2D eigenvalue weighted by molar-refractivity contribution is -0.140. The molecule has 41 heavy (non-hydrogen) atoms. The van der Waals surface area contributed by atoms with Crippen LogP contribution in [-0.2, 0) is 26.2 Å². The van der Waals surface area contributed by atoms with Gasteiger partial charge in [-0.2, -0.15) is 0 Å². The Labute approximate surface area is 248 Å². The van der Waals surface area contributed by atoms with E-state index >= 15 is 0 Å². The number of ether oxygens (including phenoxy) is 1. The van der Waals surface area contributed by atoms with Crippen LogP contribution in [-0.4, -0.2) is 49.9 Å². The molecule has 0 aromatic heterocycles. The molecule has 0 unspecified atom stereocenters. The molecular weight excluding hydrogens is 562 g/mol. The number of carbonyl (C=O) groups excluding carboxylic acids is 2. The molecule has 0 saturated heterocycles. The van der Waals surface area contributed by atoms with E-state index in [0.29, 0.717) is 22.9 Å². The minimum Gasteiger partial charge on any atom is -0.492 e. The Hall–Kier alpha value is -3.56. The molecule has 0 radical (unpaired) electrons. The van der Waals surface area contributed by atoms with E-state index in [2.05, 4.69) is 5.32 Å².